The number of nitrogens with zero attached hydrogens (tertiary/aromatic N) is 6. The number of terminal acetylenes is 1. The Balaban J connectivity index is 1.17. The van der Waals surface area contributed by atoms with Crippen LogP contribution in [-0.4, -0.2) is 115 Å². The smallest absolute Gasteiger partial charge is 0.410 e. The molecule has 1 N–H and O–H groups in total. The number of rotatable bonds is 9. The molecule has 1 amide bonds. The molecule has 2 aromatic heterocycles. The van der Waals surface area contributed by atoms with E-state index >= 15 is 8.78 Å². The van der Waals surface area contributed by atoms with E-state index in [1.165, 1.54) is 26.0 Å². The number of piperazine rings is 1. The van der Waals surface area contributed by atoms with Gasteiger partial charge in [0.15, 0.2) is 12.6 Å². The summed E-state index contributed by atoms with van der Waals surface area (Å²) in [7, 11) is 1.49. The minimum Gasteiger partial charge on any atom is -0.468 e. The van der Waals surface area contributed by atoms with E-state index < -0.39 is 17.2 Å². The third-order valence-electron chi connectivity index (χ3n) is 11.5. The topological polar surface area (TPSA) is 114 Å². The van der Waals surface area contributed by atoms with Crippen LogP contribution in [-0.2, 0) is 9.47 Å². The predicted molar refractivity (Wildman–Crippen MR) is 209 cm³/mol. The molecule has 3 atom stereocenters. The molecule has 12 nitrogen and oxygen atoms in total. The van der Waals surface area contributed by atoms with Crippen LogP contribution < -0.4 is 19.7 Å². The molecule has 4 aromatic rings. The molecule has 4 aliphatic heterocycles. The molecule has 6 heterocycles. The number of benzene rings is 2. The first kappa shape index (κ1) is 38.1. The van der Waals surface area contributed by atoms with E-state index in [4.69, 9.17) is 30.4 Å². The number of hydrogen-bond donors (Lipinski definition) is 1. The summed E-state index contributed by atoms with van der Waals surface area (Å²) in [5.74, 6) is 1.92. The lowest BCUT2D eigenvalue weighted by Gasteiger charge is -2.42. The molecule has 0 aliphatic carbocycles. The molecule has 14 heteroatoms. The maximum Gasteiger partial charge on any atom is 0.410 e. The van der Waals surface area contributed by atoms with Crippen molar-refractivity contribution in [3.05, 3.63) is 47.7 Å². The molecule has 4 fully saturated rings. The van der Waals surface area contributed by atoms with Crippen LogP contribution in [0.3, 0.4) is 0 Å². The molecule has 0 radical (unpaired) electrons. The second-order valence-electron chi connectivity index (χ2n) is 16.5. The van der Waals surface area contributed by atoms with Gasteiger partial charge in [-0.25, -0.2) is 13.6 Å². The second-order valence-corrected chi connectivity index (χ2v) is 16.5. The number of hydrogen-bond acceptors (Lipinski definition) is 11. The Morgan fingerprint density at radius 2 is 1.91 bits per heavy atom. The summed E-state index contributed by atoms with van der Waals surface area (Å²) >= 11 is 0. The first-order valence-corrected chi connectivity index (χ1v) is 19.5. The number of carbonyl (C=O) groups excluding carboxylic acids is 1. The Morgan fingerprint density at radius 3 is 2.62 bits per heavy atom. The lowest BCUT2D eigenvalue weighted by molar-refractivity contribution is 0.0122. The normalized spacial score (nSPS) is 22.6. The lowest BCUT2D eigenvalue weighted by atomic mass is 9.80. The minimum absolute atomic E-state index is 0.000322. The van der Waals surface area contributed by atoms with Crippen molar-refractivity contribution in [3.8, 4) is 35.4 Å². The van der Waals surface area contributed by atoms with Crippen molar-refractivity contribution in [2.75, 3.05) is 71.2 Å². The number of likely N-dealkylation sites (tertiary alicyclic amines) is 1. The molecule has 2 bridgehead atoms. The number of methoxy groups -OCH3 is 1. The molecule has 56 heavy (non-hydrogen) atoms. The molecule has 0 unspecified atom stereocenters. The molecule has 4 saturated heterocycles. The highest BCUT2D eigenvalue weighted by atomic mass is 19.1. The highest BCUT2D eigenvalue weighted by Crippen LogP contribution is 2.41. The molecule has 296 valence electrons. The van der Waals surface area contributed by atoms with E-state index in [-0.39, 0.29) is 53.3 Å². The van der Waals surface area contributed by atoms with Crippen molar-refractivity contribution in [1.29, 1.82) is 0 Å². The van der Waals surface area contributed by atoms with Crippen LogP contribution in [0.1, 0.15) is 58.4 Å². The first-order chi connectivity index (χ1) is 27.0. The summed E-state index contributed by atoms with van der Waals surface area (Å²) < 4.78 is 55.3. The van der Waals surface area contributed by atoms with Gasteiger partial charge in [0.05, 0.1) is 23.0 Å². The van der Waals surface area contributed by atoms with Crippen LogP contribution in [0.4, 0.5) is 19.4 Å². The average Bonchev–Trinajstić information content (AvgIpc) is 3.69. The van der Waals surface area contributed by atoms with Crippen LogP contribution in [0.15, 0.2) is 30.5 Å². The predicted octanol–water partition coefficient (Wildman–Crippen LogP) is 6.13. The Labute approximate surface area is 325 Å². The molecular formula is C42H49F2N7O5. The zero-order chi connectivity index (χ0) is 39.2. The fraction of sp³-hybridized carbons (Fsp3) is 0.524. The number of carbonyl (C=O) groups is 1. The van der Waals surface area contributed by atoms with Gasteiger partial charge in [0.2, 0.25) is 0 Å². The van der Waals surface area contributed by atoms with Gasteiger partial charge in [-0.2, -0.15) is 9.97 Å². The van der Waals surface area contributed by atoms with Gasteiger partial charge in [-0.1, -0.05) is 12.0 Å². The van der Waals surface area contributed by atoms with E-state index in [2.05, 4.69) is 31.0 Å². The second kappa shape index (κ2) is 15.2. The zero-order valence-electron chi connectivity index (χ0n) is 32.5. The Kier molecular flexibility index (Phi) is 10.4. The maximum atomic E-state index is 17.3. The zero-order valence-corrected chi connectivity index (χ0v) is 32.5. The van der Waals surface area contributed by atoms with Gasteiger partial charge in [-0.05, 0) is 95.0 Å². The quantitative estimate of drug-likeness (QED) is 0.157. The summed E-state index contributed by atoms with van der Waals surface area (Å²) in [5.41, 5.74) is -0.180. The van der Waals surface area contributed by atoms with Gasteiger partial charge in [-0.3, -0.25) is 14.8 Å². The Morgan fingerprint density at radius 1 is 1.11 bits per heavy atom. The van der Waals surface area contributed by atoms with Gasteiger partial charge in [0.1, 0.15) is 40.8 Å². The lowest BCUT2D eigenvalue weighted by Crippen LogP contribution is -2.57. The van der Waals surface area contributed by atoms with Gasteiger partial charge in [0.25, 0.3) is 0 Å². The summed E-state index contributed by atoms with van der Waals surface area (Å²) in [6.45, 7) is 11.5. The highest BCUT2D eigenvalue weighted by molar-refractivity contribution is 6.03. The number of amides is 1. The largest absolute Gasteiger partial charge is 0.468 e. The summed E-state index contributed by atoms with van der Waals surface area (Å²) in [5, 5.41) is 4.81. The molecule has 8 rings (SSSR count). The molecule has 1 spiro atoms. The highest BCUT2D eigenvalue weighted by Gasteiger charge is 2.45. The average molecular weight is 770 g/mol. The number of anilines is 1. The van der Waals surface area contributed by atoms with Crippen molar-refractivity contribution < 1.29 is 32.5 Å². The Bertz CT molecular complexity index is 2170. The van der Waals surface area contributed by atoms with E-state index in [0.717, 1.165) is 45.4 Å². The van der Waals surface area contributed by atoms with E-state index in [9.17, 15) is 4.79 Å². The Hall–Kier alpha value is -4.84. The SMILES string of the molecule is C#Cc1c(F)ccc2cc(OCOC)cc(-c3ncc4c(N5C[C@H]6CC[C@@H](C5)N6C(=O)OC(C)(C)C)nc(OCCN5CC[C@@]6(CCCNC6)C5)nc4c3F)c12. The van der Waals surface area contributed by atoms with Crippen LogP contribution in [0.2, 0.25) is 0 Å². The van der Waals surface area contributed by atoms with Gasteiger partial charge in [-0.15, -0.1) is 6.42 Å². The number of aromatic nitrogens is 3. The molecular weight excluding hydrogens is 721 g/mol. The van der Waals surface area contributed by atoms with Crippen molar-refractivity contribution >= 4 is 33.6 Å². The van der Waals surface area contributed by atoms with Crippen molar-refractivity contribution in [1.82, 2.24) is 30.1 Å². The summed E-state index contributed by atoms with van der Waals surface area (Å²) in [6.07, 6.45) is 12.2. The summed E-state index contributed by atoms with van der Waals surface area (Å²) in [4.78, 5) is 33.8. The number of halogens is 2. The number of nitrogens with one attached hydrogen (secondary N) is 1. The van der Waals surface area contributed by atoms with Gasteiger partial charge >= 0.3 is 12.1 Å². The van der Waals surface area contributed by atoms with Crippen LogP contribution in [0, 0.1) is 29.4 Å². The fourth-order valence-electron chi connectivity index (χ4n) is 9.02. The first-order valence-electron chi connectivity index (χ1n) is 19.5. The maximum absolute atomic E-state index is 17.3. The van der Waals surface area contributed by atoms with E-state index in [1.54, 1.807) is 24.4 Å². The monoisotopic (exact) mass is 769 g/mol. The molecule has 0 saturated carbocycles. The van der Waals surface area contributed by atoms with Crippen molar-refractivity contribution in [3.63, 3.8) is 0 Å². The minimum atomic E-state index is -0.741. The van der Waals surface area contributed by atoms with Crippen molar-refractivity contribution in [2.45, 2.75) is 70.6 Å². The number of pyridine rings is 1. The fourth-order valence-corrected chi connectivity index (χ4v) is 9.02. The number of fused-ring (bicyclic) bond motifs is 4. The third-order valence-corrected chi connectivity index (χ3v) is 11.5. The van der Waals surface area contributed by atoms with Crippen LogP contribution in [0.25, 0.3) is 32.9 Å². The van der Waals surface area contributed by atoms with Gasteiger partial charge in [0, 0.05) is 57.0 Å². The van der Waals surface area contributed by atoms with Crippen LogP contribution >= 0.6 is 0 Å². The van der Waals surface area contributed by atoms with E-state index in [1.807, 2.05) is 25.7 Å². The van der Waals surface area contributed by atoms with Crippen LogP contribution in [0.5, 0.6) is 11.8 Å². The third kappa shape index (κ3) is 7.40. The standard InChI is InChI=1S/C42H49F2N7O5/c1-6-30-33(43)11-8-26-18-29(55-25-53-5)19-31(34(26)30)36-35(44)37-32(20-46-36)38(50-21-27-9-10-28(22-50)51(27)40(52)56-41(2,3)4)48-39(47-37)54-17-16-49-15-13-42(24-49)12-7-14-45-23-42/h1,8,11,18-20,27-28,45H,7,9-10,12-17,21-25H2,2-5H3/t27-,28+,42-/m1/s1. The molecule has 4 aliphatic rings. The van der Waals surface area contributed by atoms with Crippen molar-refractivity contribution in [2.24, 2.45) is 5.41 Å². The van der Waals surface area contributed by atoms with Gasteiger partial charge < -0.3 is 29.2 Å². The number of piperidine rings is 1. The summed E-state index contributed by atoms with van der Waals surface area (Å²) in [6, 6.07) is 5.92. The van der Waals surface area contributed by atoms with E-state index in [0.29, 0.717) is 59.4 Å². The number of ether oxygens (including phenoxy) is 4. The molecule has 2 aromatic carbocycles.